The van der Waals surface area contributed by atoms with E-state index in [9.17, 15) is 0 Å². The predicted octanol–water partition coefficient (Wildman–Crippen LogP) is 0.937. The molecule has 2 heterocycles. The van der Waals surface area contributed by atoms with Crippen LogP contribution in [0, 0.1) is 0 Å². The molecule has 1 aromatic heterocycles. The van der Waals surface area contributed by atoms with Gasteiger partial charge in [0.25, 0.3) is 0 Å². The van der Waals surface area contributed by atoms with Gasteiger partial charge in [-0.15, -0.1) is 0 Å². The average molecular weight is 234 g/mol. The fourth-order valence-electron chi connectivity index (χ4n) is 2.39. The smallest absolute Gasteiger partial charge is 0.213 e. The van der Waals surface area contributed by atoms with Crippen LogP contribution < -0.4 is 10.1 Å². The quantitative estimate of drug-likeness (QED) is 0.845. The van der Waals surface area contributed by atoms with E-state index in [1.54, 1.807) is 0 Å². The number of nitrogens with one attached hydrogen (secondary N) is 1. The Morgan fingerprint density at radius 1 is 1.41 bits per heavy atom. The minimum Gasteiger partial charge on any atom is -0.475 e. The van der Waals surface area contributed by atoms with Gasteiger partial charge in [0.15, 0.2) is 0 Å². The molecule has 0 amide bonds. The molecule has 1 aromatic rings. The first-order chi connectivity index (χ1) is 8.42. The molecule has 1 unspecified atom stereocenters. The molecule has 0 spiro atoms. The zero-order valence-corrected chi connectivity index (χ0v) is 9.95. The second-order valence-corrected chi connectivity index (χ2v) is 4.62. The highest BCUT2D eigenvalue weighted by Crippen LogP contribution is 2.22. The number of hydrogen-bond donors (Lipinski definition) is 1. The molecule has 0 saturated carbocycles. The van der Waals surface area contributed by atoms with E-state index >= 15 is 0 Å². The van der Waals surface area contributed by atoms with Crippen LogP contribution in [0.3, 0.4) is 0 Å². The lowest BCUT2D eigenvalue weighted by molar-refractivity contribution is -0.000774. The van der Waals surface area contributed by atoms with Crippen molar-refractivity contribution in [2.45, 2.75) is 25.4 Å². The molecule has 0 bridgehead atoms. The summed E-state index contributed by atoms with van der Waals surface area (Å²) in [4.78, 5) is 4.54. The van der Waals surface area contributed by atoms with E-state index in [4.69, 9.17) is 9.47 Å². The van der Waals surface area contributed by atoms with E-state index in [1.807, 2.05) is 6.07 Å². The van der Waals surface area contributed by atoms with Gasteiger partial charge in [0.1, 0.15) is 12.7 Å². The minimum atomic E-state index is 0.152. The van der Waals surface area contributed by atoms with E-state index in [-0.39, 0.29) is 6.10 Å². The van der Waals surface area contributed by atoms with Crippen molar-refractivity contribution >= 4 is 0 Å². The van der Waals surface area contributed by atoms with Gasteiger partial charge in [0.2, 0.25) is 5.88 Å². The molecule has 1 N–H and O–H groups in total. The first-order valence-corrected chi connectivity index (χ1v) is 6.36. The maximum Gasteiger partial charge on any atom is 0.213 e. The van der Waals surface area contributed by atoms with Crippen LogP contribution in [0.5, 0.6) is 5.88 Å². The van der Waals surface area contributed by atoms with Gasteiger partial charge in [0, 0.05) is 24.8 Å². The van der Waals surface area contributed by atoms with Crippen LogP contribution in [0.2, 0.25) is 0 Å². The summed E-state index contributed by atoms with van der Waals surface area (Å²) in [7, 11) is 0. The fourth-order valence-corrected chi connectivity index (χ4v) is 2.39. The summed E-state index contributed by atoms with van der Waals surface area (Å²) in [6.07, 6.45) is 3.63. The molecule has 1 aliphatic heterocycles. The molecule has 1 saturated heterocycles. The molecule has 2 aliphatic rings. The number of morpholine rings is 1. The first kappa shape index (κ1) is 11.0. The third-order valence-corrected chi connectivity index (χ3v) is 3.32. The lowest BCUT2D eigenvalue weighted by atomic mass is 10.2. The molecule has 4 nitrogen and oxygen atoms in total. The Morgan fingerprint density at radius 3 is 3.29 bits per heavy atom. The van der Waals surface area contributed by atoms with Crippen LogP contribution in [-0.4, -0.2) is 37.4 Å². The summed E-state index contributed by atoms with van der Waals surface area (Å²) < 4.78 is 11.3. The van der Waals surface area contributed by atoms with Crippen molar-refractivity contribution in [1.29, 1.82) is 0 Å². The van der Waals surface area contributed by atoms with E-state index < -0.39 is 0 Å². The van der Waals surface area contributed by atoms with Gasteiger partial charge in [-0.25, -0.2) is 4.98 Å². The zero-order chi connectivity index (χ0) is 11.5. The Balaban J connectivity index is 1.57. The maximum atomic E-state index is 5.69. The highest BCUT2D eigenvalue weighted by atomic mass is 16.5. The Morgan fingerprint density at radius 2 is 2.41 bits per heavy atom. The predicted molar refractivity (Wildman–Crippen MR) is 64.4 cm³/mol. The van der Waals surface area contributed by atoms with Gasteiger partial charge in [-0.3, -0.25) is 0 Å². The highest BCUT2D eigenvalue weighted by molar-refractivity contribution is 5.29. The second kappa shape index (κ2) is 5.02. The Bertz CT molecular complexity index is 389. The Labute approximate surface area is 101 Å². The zero-order valence-electron chi connectivity index (χ0n) is 9.95. The van der Waals surface area contributed by atoms with Crippen LogP contribution in [0.15, 0.2) is 12.1 Å². The van der Waals surface area contributed by atoms with Crippen molar-refractivity contribution in [3.05, 3.63) is 23.4 Å². The largest absolute Gasteiger partial charge is 0.475 e. The third kappa shape index (κ3) is 2.58. The summed E-state index contributed by atoms with van der Waals surface area (Å²) in [5, 5.41) is 3.29. The molecule has 92 valence electrons. The van der Waals surface area contributed by atoms with Crippen molar-refractivity contribution in [3.63, 3.8) is 0 Å². The molecular formula is C13H18N2O2. The summed E-state index contributed by atoms with van der Waals surface area (Å²) in [5.41, 5.74) is 2.60. The molecule has 0 radical (unpaired) electrons. The number of nitrogens with zero attached hydrogens (tertiary/aromatic N) is 1. The van der Waals surface area contributed by atoms with Crippen molar-refractivity contribution < 1.29 is 9.47 Å². The third-order valence-electron chi connectivity index (χ3n) is 3.32. The van der Waals surface area contributed by atoms with Gasteiger partial charge in [-0.1, -0.05) is 6.07 Å². The summed E-state index contributed by atoms with van der Waals surface area (Å²) in [6.45, 7) is 3.16. The van der Waals surface area contributed by atoms with Crippen LogP contribution in [0.4, 0.5) is 0 Å². The van der Waals surface area contributed by atoms with Gasteiger partial charge in [-0.05, 0) is 24.8 Å². The van der Waals surface area contributed by atoms with Crippen molar-refractivity contribution in [3.8, 4) is 5.88 Å². The van der Waals surface area contributed by atoms with Crippen LogP contribution in [0.1, 0.15) is 17.7 Å². The molecule has 1 atom stereocenters. The molecule has 1 fully saturated rings. The van der Waals surface area contributed by atoms with Crippen molar-refractivity contribution in [2.75, 3.05) is 26.3 Å². The van der Waals surface area contributed by atoms with E-state index in [0.717, 1.165) is 38.4 Å². The molecular weight excluding hydrogens is 216 g/mol. The molecule has 1 aliphatic carbocycles. The standard InChI is InChI=1S/C13H18N2O2/c1-2-10-4-5-13(15-12(10)3-1)17-9-11-8-14-6-7-16-11/h4-5,11,14H,1-3,6-9H2. The van der Waals surface area contributed by atoms with Crippen LogP contribution >= 0.6 is 0 Å². The van der Waals surface area contributed by atoms with Crippen molar-refractivity contribution in [1.82, 2.24) is 10.3 Å². The highest BCUT2D eigenvalue weighted by Gasteiger charge is 2.16. The minimum absolute atomic E-state index is 0.152. The topological polar surface area (TPSA) is 43.4 Å². The number of rotatable bonds is 3. The molecule has 4 heteroatoms. The average Bonchev–Trinajstić information content (AvgIpc) is 2.85. The lowest BCUT2D eigenvalue weighted by Gasteiger charge is -2.23. The molecule has 3 rings (SSSR count). The van der Waals surface area contributed by atoms with Gasteiger partial charge >= 0.3 is 0 Å². The fraction of sp³-hybridized carbons (Fsp3) is 0.615. The lowest BCUT2D eigenvalue weighted by Crippen LogP contribution is -2.41. The summed E-state index contributed by atoms with van der Waals surface area (Å²) >= 11 is 0. The van der Waals surface area contributed by atoms with Gasteiger partial charge in [0.05, 0.1) is 6.61 Å². The van der Waals surface area contributed by atoms with Crippen LogP contribution in [-0.2, 0) is 17.6 Å². The van der Waals surface area contributed by atoms with Crippen molar-refractivity contribution in [2.24, 2.45) is 0 Å². The van der Waals surface area contributed by atoms with Gasteiger partial charge < -0.3 is 14.8 Å². The Kier molecular flexibility index (Phi) is 3.25. The first-order valence-electron chi connectivity index (χ1n) is 6.36. The summed E-state index contributed by atoms with van der Waals surface area (Å²) in [6, 6.07) is 4.12. The molecule has 0 aromatic carbocycles. The van der Waals surface area contributed by atoms with Gasteiger partial charge in [-0.2, -0.15) is 0 Å². The number of pyridine rings is 1. The SMILES string of the molecule is c1cc2c(nc1OCC1CNCCO1)CCC2. The molecule has 17 heavy (non-hydrogen) atoms. The monoisotopic (exact) mass is 234 g/mol. The number of hydrogen-bond acceptors (Lipinski definition) is 4. The normalized spacial score (nSPS) is 23.4. The number of fused-ring (bicyclic) bond motifs is 1. The number of aromatic nitrogens is 1. The number of aryl methyl sites for hydroxylation is 2. The van der Waals surface area contributed by atoms with E-state index in [0.29, 0.717) is 6.61 Å². The maximum absolute atomic E-state index is 5.69. The van der Waals surface area contributed by atoms with E-state index in [2.05, 4.69) is 16.4 Å². The summed E-state index contributed by atoms with van der Waals surface area (Å²) in [5.74, 6) is 0.736. The second-order valence-electron chi connectivity index (χ2n) is 4.62. The van der Waals surface area contributed by atoms with Crippen LogP contribution in [0.25, 0.3) is 0 Å². The Hall–Kier alpha value is -1.13. The number of ether oxygens (including phenoxy) is 2. The van der Waals surface area contributed by atoms with E-state index in [1.165, 1.54) is 17.7 Å².